The van der Waals surface area contributed by atoms with Gasteiger partial charge in [-0.3, -0.25) is 9.59 Å². The molecular weight excluding hydrogens is 362 g/mol. The van der Waals surface area contributed by atoms with Crippen molar-refractivity contribution in [1.29, 1.82) is 0 Å². The van der Waals surface area contributed by atoms with E-state index >= 15 is 0 Å². The largest absolute Gasteiger partial charge is 0.368 e. The first-order chi connectivity index (χ1) is 13.0. The summed E-state index contributed by atoms with van der Waals surface area (Å²) >= 11 is 5.91. The molecule has 5 nitrogen and oxygen atoms in total. The minimum atomic E-state index is -0.0842. The molecule has 2 aromatic carbocycles. The van der Waals surface area contributed by atoms with Crippen LogP contribution in [-0.4, -0.2) is 49.4 Å². The number of nitrogens with zero attached hydrogens (tertiary/aromatic N) is 3. The van der Waals surface area contributed by atoms with E-state index in [4.69, 9.17) is 11.6 Å². The SMILES string of the molecule is CC(=O)N(CCC(=O)N1CCN(c2ccccc2)CC1)c1ccc(Cl)cc1. The first-order valence-corrected chi connectivity index (χ1v) is 9.54. The molecule has 0 atom stereocenters. The Balaban J connectivity index is 1.53. The summed E-state index contributed by atoms with van der Waals surface area (Å²) < 4.78 is 0. The van der Waals surface area contributed by atoms with Crippen molar-refractivity contribution >= 4 is 34.8 Å². The van der Waals surface area contributed by atoms with Gasteiger partial charge in [0, 0.05) is 62.5 Å². The number of rotatable bonds is 5. The molecule has 0 radical (unpaired) electrons. The molecule has 1 heterocycles. The molecule has 6 heteroatoms. The molecule has 2 amide bonds. The second-order valence-corrected chi connectivity index (χ2v) is 7.04. The maximum Gasteiger partial charge on any atom is 0.224 e. The van der Waals surface area contributed by atoms with Crippen LogP contribution in [0, 0.1) is 0 Å². The Hall–Kier alpha value is -2.53. The van der Waals surface area contributed by atoms with E-state index < -0.39 is 0 Å². The molecule has 0 unspecified atom stereocenters. The van der Waals surface area contributed by atoms with Crippen molar-refractivity contribution in [2.45, 2.75) is 13.3 Å². The molecule has 1 saturated heterocycles. The number of hydrogen-bond acceptors (Lipinski definition) is 3. The van der Waals surface area contributed by atoms with Gasteiger partial charge in [0.2, 0.25) is 11.8 Å². The minimum Gasteiger partial charge on any atom is -0.368 e. The number of para-hydroxylation sites is 1. The quantitative estimate of drug-likeness (QED) is 0.792. The smallest absolute Gasteiger partial charge is 0.224 e. The van der Waals surface area contributed by atoms with Gasteiger partial charge in [0.15, 0.2) is 0 Å². The van der Waals surface area contributed by atoms with Crippen LogP contribution in [-0.2, 0) is 9.59 Å². The third-order valence-electron chi connectivity index (χ3n) is 4.82. The summed E-state index contributed by atoms with van der Waals surface area (Å²) in [5.74, 6) is 0.00180. The van der Waals surface area contributed by atoms with Gasteiger partial charge in [0.05, 0.1) is 0 Å². The van der Waals surface area contributed by atoms with Crippen LogP contribution in [0.25, 0.3) is 0 Å². The van der Waals surface area contributed by atoms with Gasteiger partial charge in [0.25, 0.3) is 0 Å². The molecule has 2 aromatic rings. The number of carbonyl (C=O) groups is 2. The van der Waals surface area contributed by atoms with Crippen LogP contribution in [0.15, 0.2) is 54.6 Å². The van der Waals surface area contributed by atoms with Crippen molar-refractivity contribution in [2.75, 3.05) is 42.5 Å². The van der Waals surface area contributed by atoms with E-state index in [1.807, 2.05) is 23.1 Å². The van der Waals surface area contributed by atoms with Gasteiger partial charge in [-0.1, -0.05) is 29.8 Å². The molecule has 1 aliphatic rings. The molecule has 0 spiro atoms. The number of piperazine rings is 1. The predicted octanol–water partition coefficient (Wildman–Crippen LogP) is 3.43. The molecule has 0 saturated carbocycles. The van der Waals surface area contributed by atoms with Gasteiger partial charge in [-0.05, 0) is 36.4 Å². The van der Waals surface area contributed by atoms with Crippen LogP contribution in [0.3, 0.4) is 0 Å². The van der Waals surface area contributed by atoms with Crippen LogP contribution >= 0.6 is 11.6 Å². The molecule has 0 N–H and O–H groups in total. The fraction of sp³-hybridized carbons (Fsp3) is 0.333. The van der Waals surface area contributed by atoms with E-state index in [-0.39, 0.29) is 11.8 Å². The van der Waals surface area contributed by atoms with Crippen molar-refractivity contribution in [3.05, 3.63) is 59.6 Å². The lowest BCUT2D eigenvalue weighted by Gasteiger charge is -2.36. The number of anilines is 2. The maximum absolute atomic E-state index is 12.6. The van der Waals surface area contributed by atoms with Gasteiger partial charge in [0.1, 0.15) is 0 Å². The third kappa shape index (κ3) is 5.01. The Bertz CT molecular complexity index is 772. The molecular formula is C21H24ClN3O2. The maximum atomic E-state index is 12.6. The Kier molecular flexibility index (Phi) is 6.35. The minimum absolute atomic E-state index is 0.0842. The van der Waals surface area contributed by atoms with Crippen molar-refractivity contribution in [2.24, 2.45) is 0 Å². The summed E-state index contributed by atoms with van der Waals surface area (Å²) in [5, 5.41) is 0.620. The summed E-state index contributed by atoms with van der Waals surface area (Å²) in [4.78, 5) is 30.4. The first kappa shape index (κ1) is 19.2. The van der Waals surface area contributed by atoms with Crippen LogP contribution in [0.5, 0.6) is 0 Å². The average Bonchev–Trinajstić information content (AvgIpc) is 2.70. The molecule has 1 aliphatic heterocycles. The molecule has 0 aromatic heterocycles. The Labute approximate surface area is 165 Å². The Morgan fingerprint density at radius 1 is 0.963 bits per heavy atom. The predicted molar refractivity (Wildman–Crippen MR) is 109 cm³/mol. The first-order valence-electron chi connectivity index (χ1n) is 9.16. The van der Waals surface area contributed by atoms with Crippen molar-refractivity contribution in [3.8, 4) is 0 Å². The highest BCUT2D eigenvalue weighted by atomic mass is 35.5. The van der Waals surface area contributed by atoms with Crippen LogP contribution < -0.4 is 9.80 Å². The van der Waals surface area contributed by atoms with Gasteiger partial charge < -0.3 is 14.7 Å². The summed E-state index contributed by atoms with van der Waals surface area (Å²) in [6, 6.07) is 17.3. The Morgan fingerprint density at radius 2 is 1.59 bits per heavy atom. The second kappa shape index (κ2) is 8.91. The average molecular weight is 386 g/mol. The molecule has 1 fully saturated rings. The van der Waals surface area contributed by atoms with E-state index in [0.29, 0.717) is 31.1 Å². The molecule has 3 rings (SSSR count). The van der Waals surface area contributed by atoms with Gasteiger partial charge in [-0.2, -0.15) is 0 Å². The summed E-state index contributed by atoms with van der Waals surface area (Å²) in [6.07, 6.45) is 0.313. The monoisotopic (exact) mass is 385 g/mol. The number of carbonyl (C=O) groups excluding carboxylic acids is 2. The lowest BCUT2D eigenvalue weighted by Crippen LogP contribution is -2.49. The highest BCUT2D eigenvalue weighted by molar-refractivity contribution is 6.30. The molecule has 142 valence electrons. The fourth-order valence-electron chi connectivity index (χ4n) is 3.31. The van der Waals surface area contributed by atoms with Crippen LogP contribution in [0.2, 0.25) is 5.02 Å². The topological polar surface area (TPSA) is 43.9 Å². The zero-order valence-corrected chi connectivity index (χ0v) is 16.2. The van der Waals surface area contributed by atoms with E-state index in [2.05, 4.69) is 17.0 Å². The highest BCUT2D eigenvalue weighted by Gasteiger charge is 2.22. The van der Waals surface area contributed by atoms with Gasteiger partial charge in [-0.25, -0.2) is 0 Å². The van der Waals surface area contributed by atoms with E-state index in [0.717, 1.165) is 18.8 Å². The number of hydrogen-bond donors (Lipinski definition) is 0. The molecule has 27 heavy (non-hydrogen) atoms. The second-order valence-electron chi connectivity index (χ2n) is 6.60. The highest BCUT2D eigenvalue weighted by Crippen LogP contribution is 2.19. The fourth-order valence-corrected chi connectivity index (χ4v) is 3.43. The summed E-state index contributed by atoms with van der Waals surface area (Å²) in [7, 11) is 0. The lowest BCUT2D eigenvalue weighted by atomic mass is 10.2. The van der Waals surface area contributed by atoms with E-state index in [1.54, 1.807) is 29.2 Å². The van der Waals surface area contributed by atoms with Crippen molar-refractivity contribution in [3.63, 3.8) is 0 Å². The summed E-state index contributed by atoms with van der Waals surface area (Å²) in [5.41, 5.74) is 1.95. The van der Waals surface area contributed by atoms with Crippen LogP contribution in [0.1, 0.15) is 13.3 Å². The zero-order chi connectivity index (χ0) is 19.2. The molecule has 0 aliphatic carbocycles. The molecule has 0 bridgehead atoms. The van der Waals surface area contributed by atoms with E-state index in [1.165, 1.54) is 12.6 Å². The summed E-state index contributed by atoms with van der Waals surface area (Å²) in [6.45, 7) is 4.93. The van der Waals surface area contributed by atoms with Gasteiger partial charge in [-0.15, -0.1) is 0 Å². The zero-order valence-electron chi connectivity index (χ0n) is 15.5. The van der Waals surface area contributed by atoms with E-state index in [9.17, 15) is 9.59 Å². The Morgan fingerprint density at radius 3 is 2.19 bits per heavy atom. The van der Waals surface area contributed by atoms with Gasteiger partial charge >= 0.3 is 0 Å². The number of benzene rings is 2. The van der Waals surface area contributed by atoms with Crippen molar-refractivity contribution in [1.82, 2.24) is 4.90 Å². The van der Waals surface area contributed by atoms with Crippen molar-refractivity contribution < 1.29 is 9.59 Å². The standard InChI is InChI=1S/C21H24ClN3O2/c1-17(26)25(20-9-7-18(22)8-10-20)12-11-21(27)24-15-13-23(14-16-24)19-5-3-2-4-6-19/h2-10H,11-16H2,1H3. The van der Waals surface area contributed by atoms with Crippen LogP contribution in [0.4, 0.5) is 11.4 Å². The number of halogens is 1. The number of amides is 2. The lowest BCUT2D eigenvalue weighted by molar-refractivity contribution is -0.131. The third-order valence-corrected chi connectivity index (χ3v) is 5.07. The normalized spacial score (nSPS) is 14.1.